The van der Waals surface area contributed by atoms with Gasteiger partial charge in [0.25, 0.3) is 10.0 Å². The molecule has 0 aliphatic rings. The topological polar surface area (TPSA) is 68.3 Å². The fraction of sp³-hybridized carbons (Fsp3) is 0. The van der Waals surface area contributed by atoms with Crippen molar-refractivity contribution in [1.29, 1.82) is 0 Å². The van der Waals surface area contributed by atoms with Crippen LogP contribution in [0.15, 0.2) is 102 Å². The molecule has 0 radical (unpaired) electrons. The summed E-state index contributed by atoms with van der Waals surface area (Å²) >= 11 is 0. The first kappa shape index (κ1) is 21.3. The van der Waals surface area contributed by atoms with Gasteiger partial charge in [0.15, 0.2) is 0 Å². The Bertz CT molecular complexity index is 1350. The molecule has 1 heterocycles. The molecule has 4 aromatic rings. The zero-order valence-corrected chi connectivity index (χ0v) is 17.7. The Labute approximate surface area is 185 Å². The molecule has 0 unspecified atom stereocenters. The Hall–Kier alpha value is -3.97. The average Bonchev–Trinajstić information content (AvgIpc) is 2.81. The molecule has 0 saturated carbocycles. The predicted octanol–water partition coefficient (Wildman–Crippen LogP) is 6.12. The Morgan fingerprint density at radius 3 is 2.19 bits per heavy atom. The van der Waals surface area contributed by atoms with Crippen LogP contribution in [0, 0.1) is 5.82 Å². The summed E-state index contributed by atoms with van der Waals surface area (Å²) in [5.74, 6) is 0.974. The molecule has 0 aliphatic carbocycles. The first-order valence-electron chi connectivity index (χ1n) is 9.70. The van der Waals surface area contributed by atoms with Crippen molar-refractivity contribution >= 4 is 21.9 Å². The van der Waals surface area contributed by atoms with Gasteiger partial charge in [-0.2, -0.15) is 0 Å². The number of sulfonamides is 1. The van der Waals surface area contributed by atoms with Crippen LogP contribution in [-0.4, -0.2) is 13.4 Å². The molecule has 1 aromatic heterocycles. The lowest BCUT2D eigenvalue weighted by molar-refractivity contribution is 0.480. The molecule has 0 bridgehead atoms. The SMILES string of the molecule is C=Cc1ccccc1S(=O)(=O)Nc1cccc(-c2ccc(Oc3ccc(F)cc3)cc2)n1. The molecule has 0 atom stereocenters. The van der Waals surface area contributed by atoms with Gasteiger partial charge in [0.1, 0.15) is 23.1 Å². The van der Waals surface area contributed by atoms with Crippen LogP contribution in [0.1, 0.15) is 5.56 Å². The molecule has 0 amide bonds. The van der Waals surface area contributed by atoms with Gasteiger partial charge >= 0.3 is 0 Å². The minimum Gasteiger partial charge on any atom is -0.457 e. The molecule has 5 nitrogen and oxygen atoms in total. The normalized spacial score (nSPS) is 11.0. The van der Waals surface area contributed by atoms with Crippen LogP contribution in [0.4, 0.5) is 10.2 Å². The maximum Gasteiger partial charge on any atom is 0.263 e. The molecule has 0 spiro atoms. The van der Waals surface area contributed by atoms with Crippen LogP contribution >= 0.6 is 0 Å². The molecule has 160 valence electrons. The Balaban J connectivity index is 1.54. The fourth-order valence-corrected chi connectivity index (χ4v) is 4.29. The lowest BCUT2D eigenvalue weighted by atomic mass is 10.1. The maximum absolute atomic E-state index is 13.0. The van der Waals surface area contributed by atoms with Crippen molar-refractivity contribution in [1.82, 2.24) is 4.98 Å². The number of aromatic nitrogens is 1. The number of rotatable bonds is 7. The summed E-state index contributed by atoms with van der Waals surface area (Å²) in [6.45, 7) is 3.67. The minimum absolute atomic E-state index is 0.129. The van der Waals surface area contributed by atoms with Crippen molar-refractivity contribution in [3.63, 3.8) is 0 Å². The van der Waals surface area contributed by atoms with Gasteiger partial charge < -0.3 is 4.74 Å². The zero-order valence-electron chi connectivity index (χ0n) is 16.9. The van der Waals surface area contributed by atoms with Gasteiger partial charge in [-0.25, -0.2) is 17.8 Å². The van der Waals surface area contributed by atoms with E-state index in [1.54, 1.807) is 60.7 Å². The van der Waals surface area contributed by atoms with E-state index in [2.05, 4.69) is 16.3 Å². The van der Waals surface area contributed by atoms with Gasteiger partial charge in [-0.3, -0.25) is 4.72 Å². The highest BCUT2D eigenvalue weighted by Gasteiger charge is 2.18. The molecular weight excluding hydrogens is 427 g/mol. The van der Waals surface area contributed by atoms with E-state index in [-0.39, 0.29) is 16.5 Å². The van der Waals surface area contributed by atoms with Crippen LogP contribution in [-0.2, 0) is 10.0 Å². The molecule has 0 fully saturated rings. The number of hydrogen-bond acceptors (Lipinski definition) is 4. The molecule has 32 heavy (non-hydrogen) atoms. The van der Waals surface area contributed by atoms with E-state index in [0.29, 0.717) is 22.8 Å². The van der Waals surface area contributed by atoms with Crippen molar-refractivity contribution in [2.45, 2.75) is 4.90 Å². The Kier molecular flexibility index (Phi) is 6.00. The van der Waals surface area contributed by atoms with Crippen molar-refractivity contribution in [3.05, 3.63) is 109 Å². The van der Waals surface area contributed by atoms with E-state index in [1.165, 1.54) is 24.3 Å². The standard InChI is InChI=1S/C25H19FN2O3S/c1-2-18-6-3-4-8-24(18)32(29,30)28-25-9-5-7-23(27-25)19-10-14-21(15-11-19)31-22-16-12-20(26)13-17-22/h2-17H,1H2,(H,27,28). The van der Waals surface area contributed by atoms with Gasteiger partial charge in [-0.15, -0.1) is 0 Å². The second-order valence-electron chi connectivity index (χ2n) is 6.84. The maximum atomic E-state index is 13.0. The largest absolute Gasteiger partial charge is 0.457 e. The second-order valence-corrected chi connectivity index (χ2v) is 8.49. The van der Waals surface area contributed by atoms with E-state index < -0.39 is 10.0 Å². The van der Waals surface area contributed by atoms with Crippen molar-refractivity contribution in [3.8, 4) is 22.8 Å². The second kappa shape index (κ2) is 9.03. The van der Waals surface area contributed by atoms with Crippen LogP contribution in [0.2, 0.25) is 0 Å². The molecule has 3 aromatic carbocycles. The summed E-state index contributed by atoms with van der Waals surface area (Å²) < 4.78 is 46.9. The first-order valence-corrected chi connectivity index (χ1v) is 11.2. The summed E-state index contributed by atoms with van der Waals surface area (Å²) in [6.07, 6.45) is 1.49. The molecule has 0 saturated heterocycles. The van der Waals surface area contributed by atoms with Crippen LogP contribution in [0.25, 0.3) is 17.3 Å². The summed E-state index contributed by atoms with van der Waals surface area (Å²) in [7, 11) is -3.83. The zero-order chi connectivity index (χ0) is 22.6. The molecule has 7 heteroatoms. The average molecular weight is 447 g/mol. The molecule has 1 N–H and O–H groups in total. The third kappa shape index (κ3) is 4.84. The number of ether oxygens (including phenoxy) is 1. The van der Waals surface area contributed by atoms with Gasteiger partial charge in [0.05, 0.1) is 10.6 Å². The van der Waals surface area contributed by atoms with E-state index >= 15 is 0 Å². The van der Waals surface area contributed by atoms with Crippen LogP contribution < -0.4 is 9.46 Å². The third-order valence-electron chi connectivity index (χ3n) is 4.62. The van der Waals surface area contributed by atoms with E-state index in [9.17, 15) is 12.8 Å². The third-order valence-corrected chi connectivity index (χ3v) is 6.04. The Morgan fingerprint density at radius 2 is 1.50 bits per heavy atom. The van der Waals surface area contributed by atoms with Gasteiger partial charge in [0.2, 0.25) is 0 Å². The summed E-state index contributed by atoms with van der Waals surface area (Å²) in [4.78, 5) is 4.56. The number of pyridine rings is 1. The minimum atomic E-state index is -3.83. The van der Waals surface area contributed by atoms with Crippen molar-refractivity contribution in [2.75, 3.05) is 4.72 Å². The molecular formula is C25H19FN2O3S. The van der Waals surface area contributed by atoms with E-state index in [1.807, 2.05) is 12.1 Å². The summed E-state index contributed by atoms with van der Waals surface area (Å²) in [5.41, 5.74) is 1.88. The number of halogens is 1. The number of hydrogen-bond donors (Lipinski definition) is 1. The lowest BCUT2D eigenvalue weighted by Gasteiger charge is -2.11. The highest BCUT2D eigenvalue weighted by Crippen LogP contribution is 2.26. The summed E-state index contributed by atoms with van der Waals surface area (Å²) in [5, 5.41) is 0. The van der Waals surface area contributed by atoms with Gasteiger partial charge in [-0.1, -0.05) is 36.9 Å². The van der Waals surface area contributed by atoms with Gasteiger partial charge in [-0.05, 0) is 72.3 Å². The number of nitrogens with zero attached hydrogens (tertiary/aromatic N) is 1. The monoisotopic (exact) mass is 446 g/mol. The van der Waals surface area contributed by atoms with Crippen LogP contribution in [0.5, 0.6) is 11.5 Å². The number of nitrogens with one attached hydrogen (secondary N) is 1. The Morgan fingerprint density at radius 1 is 0.844 bits per heavy atom. The molecule has 0 aliphatic heterocycles. The fourth-order valence-electron chi connectivity index (χ4n) is 3.07. The first-order chi connectivity index (χ1) is 15.4. The predicted molar refractivity (Wildman–Crippen MR) is 123 cm³/mol. The summed E-state index contributed by atoms with van der Waals surface area (Å²) in [6, 6.07) is 24.6. The van der Waals surface area contributed by atoms with Crippen LogP contribution in [0.3, 0.4) is 0 Å². The smallest absolute Gasteiger partial charge is 0.263 e. The van der Waals surface area contributed by atoms with Crippen molar-refractivity contribution < 1.29 is 17.5 Å². The highest BCUT2D eigenvalue weighted by molar-refractivity contribution is 7.92. The van der Waals surface area contributed by atoms with E-state index in [0.717, 1.165) is 5.56 Å². The number of benzene rings is 3. The van der Waals surface area contributed by atoms with Crippen molar-refractivity contribution in [2.24, 2.45) is 0 Å². The van der Waals surface area contributed by atoms with Gasteiger partial charge in [0, 0.05) is 5.56 Å². The lowest BCUT2D eigenvalue weighted by Crippen LogP contribution is -2.15. The number of anilines is 1. The highest BCUT2D eigenvalue weighted by atomic mass is 32.2. The molecule has 4 rings (SSSR count). The quantitative estimate of drug-likeness (QED) is 0.371. The van der Waals surface area contributed by atoms with E-state index in [4.69, 9.17) is 4.74 Å².